The van der Waals surface area contributed by atoms with Crippen LogP contribution in [0.4, 0.5) is 0 Å². The van der Waals surface area contributed by atoms with Gasteiger partial charge in [-0.05, 0) is 56.9 Å². The van der Waals surface area contributed by atoms with Crippen LogP contribution in [0.25, 0.3) is 0 Å². The van der Waals surface area contributed by atoms with Gasteiger partial charge in [-0.25, -0.2) is 0 Å². The van der Waals surface area contributed by atoms with Gasteiger partial charge in [-0.3, -0.25) is 4.99 Å². The Morgan fingerprint density at radius 1 is 1.16 bits per heavy atom. The second kappa shape index (κ2) is 13.2. The second-order valence-electron chi connectivity index (χ2n) is 6.25. The van der Waals surface area contributed by atoms with Crippen LogP contribution in [0.1, 0.15) is 26.2 Å². The summed E-state index contributed by atoms with van der Waals surface area (Å²) < 4.78 is 5.67. The molecule has 0 bridgehead atoms. The fourth-order valence-electron chi connectivity index (χ4n) is 3.06. The Morgan fingerprint density at radius 3 is 2.48 bits per heavy atom. The number of ether oxygens (including phenoxy) is 1. The SMILES string of the molecule is CCN1CCC(CCNC(=NC)NCCOc2ccccc2)CC1.I. The zero-order valence-corrected chi connectivity index (χ0v) is 17.9. The van der Waals surface area contributed by atoms with Crippen LogP contribution in [0, 0.1) is 5.92 Å². The standard InChI is InChI=1S/C19H32N4O.HI/c1-3-23-14-10-17(11-15-23)9-12-21-19(20-2)22-13-16-24-18-7-5-4-6-8-18;/h4-8,17H,3,9-16H2,1-2H3,(H2,20,21,22);1H. The second-order valence-corrected chi connectivity index (χ2v) is 6.25. The number of guanidine groups is 1. The minimum absolute atomic E-state index is 0. The zero-order valence-electron chi connectivity index (χ0n) is 15.5. The molecule has 1 aliphatic rings. The summed E-state index contributed by atoms with van der Waals surface area (Å²) >= 11 is 0. The van der Waals surface area contributed by atoms with Gasteiger partial charge in [0, 0.05) is 13.6 Å². The summed E-state index contributed by atoms with van der Waals surface area (Å²) in [7, 11) is 1.81. The molecular formula is C19H33IN4O. The van der Waals surface area contributed by atoms with Crippen LogP contribution in [0.15, 0.2) is 35.3 Å². The molecule has 5 nitrogen and oxygen atoms in total. The predicted octanol–water partition coefficient (Wildman–Crippen LogP) is 2.97. The number of benzene rings is 1. The van der Waals surface area contributed by atoms with Gasteiger partial charge in [0.2, 0.25) is 0 Å². The van der Waals surface area contributed by atoms with E-state index in [0.717, 1.165) is 30.7 Å². The molecule has 0 unspecified atom stereocenters. The van der Waals surface area contributed by atoms with E-state index in [1.54, 1.807) is 0 Å². The largest absolute Gasteiger partial charge is 0.492 e. The molecule has 0 amide bonds. The molecule has 142 valence electrons. The van der Waals surface area contributed by atoms with E-state index in [-0.39, 0.29) is 24.0 Å². The van der Waals surface area contributed by atoms with Crippen molar-refractivity contribution >= 4 is 29.9 Å². The van der Waals surface area contributed by atoms with Crippen molar-refractivity contribution < 1.29 is 4.74 Å². The van der Waals surface area contributed by atoms with Gasteiger partial charge in [0.05, 0.1) is 6.54 Å². The number of para-hydroxylation sites is 1. The Kier molecular flexibility index (Phi) is 11.6. The van der Waals surface area contributed by atoms with Crippen molar-refractivity contribution in [1.29, 1.82) is 0 Å². The molecule has 1 saturated heterocycles. The molecule has 0 saturated carbocycles. The maximum Gasteiger partial charge on any atom is 0.191 e. The summed E-state index contributed by atoms with van der Waals surface area (Å²) in [5, 5.41) is 6.71. The highest BCUT2D eigenvalue weighted by Gasteiger charge is 2.17. The summed E-state index contributed by atoms with van der Waals surface area (Å²) in [5.74, 6) is 2.61. The normalized spacial score (nSPS) is 16.2. The van der Waals surface area contributed by atoms with Crippen LogP contribution >= 0.6 is 24.0 Å². The first-order valence-electron chi connectivity index (χ1n) is 9.16. The molecule has 6 heteroatoms. The maximum absolute atomic E-state index is 5.67. The lowest BCUT2D eigenvalue weighted by Crippen LogP contribution is -2.40. The van der Waals surface area contributed by atoms with Gasteiger partial charge in [-0.2, -0.15) is 0 Å². The number of hydrogen-bond donors (Lipinski definition) is 2. The fraction of sp³-hybridized carbons (Fsp3) is 0.632. The molecule has 1 heterocycles. The van der Waals surface area contributed by atoms with Crippen molar-refractivity contribution in [3.8, 4) is 5.75 Å². The molecule has 25 heavy (non-hydrogen) atoms. The molecule has 1 aliphatic heterocycles. The molecule has 0 spiro atoms. The summed E-state index contributed by atoms with van der Waals surface area (Å²) in [6.07, 6.45) is 3.87. The van der Waals surface area contributed by atoms with E-state index in [4.69, 9.17) is 4.74 Å². The molecule has 2 N–H and O–H groups in total. The Balaban J connectivity index is 0.00000312. The number of aliphatic imine (C=N–C) groups is 1. The van der Waals surface area contributed by atoms with Gasteiger partial charge in [-0.1, -0.05) is 25.1 Å². The summed E-state index contributed by atoms with van der Waals surface area (Å²) in [4.78, 5) is 6.81. The predicted molar refractivity (Wildman–Crippen MR) is 116 cm³/mol. The molecule has 2 rings (SSSR count). The Morgan fingerprint density at radius 2 is 1.84 bits per heavy atom. The van der Waals surface area contributed by atoms with Crippen LogP contribution in [-0.4, -0.2) is 57.2 Å². The van der Waals surface area contributed by atoms with Crippen LogP contribution in [-0.2, 0) is 0 Å². The number of likely N-dealkylation sites (tertiary alicyclic amines) is 1. The fourth-order valence-corrected chi connectivity index (χ4v) is 3.06. The van der Waals surface area contributed by atoms with E-state index in [1.165, 1.54) is 38.9 Å². The molecule has 0 atom stereocenters. The van der Waals surface area contributed by atoms with Gasteiger partial charge in [-0.15, -0.1) is 24.0 Å². The molecule has 0 aliphatic carbocycles. The van der Waals surface area contributed by atoms with Crippen LogP contribution in [0.5, 0.6) is 5.75 Å². The van der Waals surface area contributed by atoms with Crippen LogP contribution in [0.3, 0.4) is 0 Å². The lowest BCUT2D eigenvalue weighted by molar-refractivity contribution is 0.187. The quantitative estimate of drug-likeness (QED) is 0.271. The van der Waals surface area contributed by atoms with Gasteiger partial charge in [0.25, 0.3) is 0 Å². The van der Waals surface area contributed by atoms with Crippen LogP contribution in [0.2, 0.25) is 0 Å². The van der Waals surface area contributed by atoms with Crippen molar-refractivity contribution in [3.05, 3.63) is 30.3 Å². The minimum Gasteiger partial charge on any atom is -0.492 e. The summed E-state index contributed by atoms with van der Waals surface area (Å²) in [5.41, 5.74) is 0. The highest BCUT2D eigenvalue weighted by atomic mass is 127. The topological polar surface area (TPSA) is 48.9 Å². The zero-order chi connectivity index (χ0) is 17.0. The van der Waals surface area contributed by atoms with Gasteiger partial charge in [0.15, 0.2) is 5.96 Å². The van der Waals surface area contributed by atoms with Crippen molar-refractivity contribution in [2.24, 2.45) is 10.9 Å². The van der Waals surface area contributed by atoms with E-state index >= 15 is 0 Å². The Bertz CT molecular complexity index is 476. The molecule has 0 aromatic heterocycles. The smallest absolute Gasteiger partial charge is 0.191 e. The van der Waals surface area contributed by atoms with Crippen molar-refractivity contribution in [2.75, 3.05) is 46.4 Å². The van der Waals surface area contributed by atoms with E-state index in [0.29, 0.717) is 6.61 Å². The van der Waals surface area contributed by atoms with Gasteiger partial charge < -0.3 is 20.3 Å². The number of rotatable bonds is 8. The summed E-state index contributed by atoms with van der Waals surface area (Å²) in [6.45, 7) is 8.29. The molecule has 1 aromatic rings. The van der Waals surface area contributed by atoms with Gasteiger partial charge >= 0.3 is 0 Å². The van der Waals surface area contributed by atoms with E-state index < -0.39 is 0 Å². The third-order valence-electron chi connectivity index (χ3n) is 4.63. The van der Waals surface area contributed by atoms with Gasteiger partial charge in [0.1, 0.15) is 12.4 Å². The van der Waals surface area contributed by atoms with Crippen molar-refractivity contribution in [1.82, 2.24) is 15.5 Å². The number of halogens is 1. The third-order valence-corrected chi connectivity index (χ3v) is 4.63. The molecular weight excluding hydrogens is 427 g/mol. The van der Waals surface area contributed by atoms with Crippen molar-refractivity contribution in [3.63, 3.8) is 0 Å². The highest BCUT2D eigenvalue weighted by molar-refractivity contribution is 14.0. The minimum atomic E-state index is 0. The third kappa shape index (κ3) is 8.76. The van der Waals surface area contributed by atoms with Crippen LogP contribution < -0.4 is 15.4 Å². The Labute approximate surface area is 169 Å². The first-order valence-corrected chi connectivity index (χ1v) is 9.16. The maximum atomic E-state index is 5.67. The molecule has 0 radical (unpaired) electrons. The molecule has 1 aromatic carbocycles. The van der Waals surface area contributed by atoms with E-state index in [1.807, 2.05) is 37.4 Å². The lowest BCUT2D eigenvalue weighted by atomic mass is 9.93. The first kappa shape index (κ1) is 22.0. The molecule has 1 fully saturated rings. The average Bonchev–Trinajstić information content (AvgIpc) is 2.65. The Hall–Kier alpha value is -1.02. The number of nitrogens with zero attached hydrogens (tertiary/aromatic N) is 2. The lowest BCUT2D eigenvalue weighted by Gasteiger charge is -2.31. The number of piperidine rings is 1. The monoisotopic (exact) mass is 460 g/mol. The number of nitrogens with one attached hydrogen (secondary N) is 2. The highest BCUT2D eigenvalue weighted by Crippen LogP contribution is 2.19. The number of hydrogen-bond acceptors (Lipinski definition) is 3. The average molecular weight is 460 g/mol. The van der Waals surface area contributed by atoms with E-state index in [9.17, 15) is 0 Å². The van der Waals surface area contributed by atoms with Crippen molar-refractivity contribution in [2.45, 2.75) is 26.2 Å². The van der Waals surface area contributed by atoms with E-state index in [2.05, 4.69) is 27.4 Å². The summed E-state index contributed by atoms with van der Waals surface area (Å²) in [6, 6.07) is 9.89. The first-order chi connectivity index (χ1) is 11.8.